The lowest BCUT2D eigenvalue weighted by molar-refractivity contribution is -0.868. The second-order valence-electron chi connectivity index (χ2n) is 8.13. The number of likely N-dealkylation sites (N-methyl/N-ethyl adjacent to an activating group) is 2. The van der Waals surface area contributed by atoms with Crippen molar-refractivity contribution in [2.24, 2.45) is 10.2 Å². The average molecular weight is 459 g/mol. The molecule has 1 aromatic heterocycles. The second-order valence-corrected chi connectivity index (χ2v) is 9.14. The van der Waals surface area contributed by atoms with Gasteiger partial charge in [0.2, 0.25) is 5.13 Å². The number of rotatable bonds is 9. The van der Waals surface area contributed by atoms with E-state index in [0.29, 0.717) is 10.4 Å². The first kappa shape index (κ1) is 23.2. The lowest BCUT2D eigenvalue weighted by Gasteiger charge is -2.29. The van der Waals surface area contributed by atoms with Gasteiger partial charge in [-0.3, -0.25) is 20.2 Å². The number of nitro groups is 2. The number of aromatic nitrogens is 1. The quantitative estimate of drug-likeness (QED) is 0.191. The number of hydrogen-bond donors (Lipinski definition) is 0. The van der Waals surface area contributed by atoms with Crippen LogP contribution in [0.15, 0.2) is 46.6 Å². The van der Waals surface area contributed by atoms with Crippen molar-refractivity contribution in [1.82, 2.24) is 4.98 Å². The Hall–Kier alpha value is -3.51. The Morgan fingerprint density at radius 3 is 2.22 bits per heavy atom. The SMILES string of the molecule is CCN(CC[N+](C)(C)C)c1ccc(N=Nc2nc3cc([N+](=O)[O-])c([N+](=O)[O-])cc3s2)cc1. The van der Waals surface area contributed by atoms with Crippen LogP contribution in [0.5, 0.6) is 0 Å². The van der Waals surface area contributed by atoms with E-state index in [-0.39, 0.29) is 10.6 Å². The minimum atomic E-state index is -0.792. The van der Waals surface area contributed by atoms with Gasteiger partial charge in [0.15, 0.2) is 0 Å². The number of fused-ring (bicyclic) bond motifs is 1. The van der Waals surface area contributed by atoms with Crippen molar-refractivity contribution in [3.05, 3.63) is 56.6 Å². The molecule has 2 aromatic carbocycles. The zero-order chi connectivity index (χ0) is 23.5. The minimum absolute atomic E-state index is 0.261. The van der Waals surface area contributed by atoms with Gasteiger partial charge in [-0.15, -0.1) is 10.2 Å². The average Bonchev–Trinajstić information content (AvgIpc) is 3.13. The third-order valence-corrected chi connectivity index (χ3v) is 5.66. The molecule has 0 radical (unpaired) electrons. The Bertz CT molecular complexity index is 1120. The van der Waals surface area contributed by atoms with E-state index in [0.717, 1.165) is 53.3 Å². The van der Waals surface area contributed by atoms with Crippen LogP contribution in [-0.4, -0.2) is 60.1 Å². The molecule has 0 fully saturated rings. The third kappa shape index (κ3) is 5.59. The van der Waals surface area contributed by atoms with Gasteiger partial charge >= 0.3 is 11.4 Å². The molecule has 12 heteroatoms. The van der Waals surface area contributed by atoms with Gasteiger partial charge in [0.25, 0.3) is 0 Å². The molecule has 0 saturated heterocycles. The van der Waals surface area contributed by atoms with Crippen LogP contribution in [0.3, 0.4) is 0 Å². The lowest BCUT2D eigenvalue weighted by atomic mass is 10.2. The van der Waals surface area contributed by atoms with Crippen LogP contribution in [0.25, 0.3) is 10.2 Å². The smallest absolute Gasteiger partial charge is 0.348 e. The summed E-state index contributed by atoms with van der Waals surface area (Å²) in [5, 5.41) is 30.8. The first-order valence-corrected chi connectivity index (χ1v) is 10.7. The van der Waals surface area contributed by atoms with E-state index in [9.17, 15) is 20.2 Å². The monoisotopic (exact) mass is 458 g/mol. The molecule has 0 aliphatic heterocycles. The van der Waals surface area contributed by atoms with Crippen LogP contribution in [0.4, 0.5) is 27.9 Å². The molecule has 0 saturated carbocycles. The molecular weight excluding hydrogens is 434 g/mol. The molecule has 0 unspecified atom stereocenters. The van der Waals surface area contributed by atoms with Crippen molar-refractivity contribution >= 4 is 49.4 Å². The van der Waals surface area contributed by atoms with E-state index in [1.165, 1.54) is 0 Å². The fourth-order valence-electron chi connectivity index (χ4n) is 3.00. The van der Waals surface area contributed by atoms with Gasteiger partial charge in [0.1, 0.15) is 0 Å². The number of hydrogen-bond acceptors (Lipinski definition) is 9. The summed E-state index contributed by atoms with van der Waals surface area (Å²) in [6.45, 7) is 4.96. The predicted octanol–water partition coefficient (Wildman–Crippen LogP) is 5.06. The molecule has 0 atom stereocenters. The highest BCUT2D eigenvalue weighted by atomic mass is 32.1. The highest BCUT2D eigenvalue weighted by Gasteiger charge is 2.26. The maximum Gasteiger partial charge on any atom is 0.348 e. The number of quaternary nitrogens is 1. The third-order valence-electron chi connectivity index (χ3n) is 4.76. The van der Waals surface area contributed by atoms with E-state index in [4.69, 9.17) is 0 Å². The molecule has 1 heterocycles. The van der Waals surface area contributed by atoms with Crippen molar-refractivity contribution in [3.63, 3.8) is 0 Å². The van der Waals surface area contributed by atoms with E-state index in [1.54, 1.807) is 0 Å². The van der Waals surface area contributed by atoms with Crippen LogP contribution in [0.1, 0.15) is 6.92 Å². The fourth-order valence-corrected chi connectivity index (χ4v) is 3.80. The molecule has 0 aliphatic carbocycles. The lowest BCUT2D eigenvalue weighted by Crippen LogP contribution is -2.42. The van der Waals surface area contributed by atoms with Crippen LogP contribution < -0.4 is 4.90 Å². The van der Waals surface area contributed by atoms with Gasteiger partial charge in [0, 0.05) is 18.3 Å². The molecule has 3 rings (SSSR count). The van der Waals surface area contributed by atoms with Gasteiger partial charge in [-0.05, 0) is 31.2 Å². The molecule has 0 aliphatic rings. The van der Waals surface area contributed by atoms with Gasteiger partial charge in [-0.2, -0.15) is 0 Å². The molecule has 0 spiro atoms. The molecule has 0 N–H and O–H groups in total. The maximum absolute atomic E-state index is 11.1. The summed E-state index contributed by atoms with van der Waals surface area (Å²) in [7, 11) is 6.49. The van der Waals surface area contributed by atoms with Crippen LogP contribution in [-0.2, 0) is 0 Å². The van der Waals surface area contributed by atoms with Crippen molar-refractivity contribution in [2.75, 3.05) is 45.7 Å². The number of nitrogens with zero attached hydrogens (tertiary/aromatic N) is 7. The molecule has 0 amide bonds. The Kier molecular flexibility index (Phi) is 6.75. The predicted molar refractivity (Wildman–Crippen MR) is 124 cm³/mol. The van der Waals surface area contributed by atoms with Crippen molar-refractivity contribution in [3.8, 4) is 0 Å². The number of benzene rings is 2. The first-order valence-electron chi connectivity index (χ1n) is 9.88. The summed E-state index contributed by atoms with van der Waals surface area (Å²) in [4.78, 5) is 27.1. The minimum Gasteiger partial charge on any atom is -0.366 e. The highest BCUT2D eigenvalue weighted by molar-refractivity contribution is 7.22. The molecule has 32 heavy (non-hydrogen) atoms. The zero-order valence-corrected chi connectivity index (χ0v) is 19.1. The molecule has 3 aromatic rings. The van der Waals surface area contributed by atoms with Crippen molar-refractivity contribution in [2.45, 2.75) is 6.92 Å². The first-order chi connectivity index (χ1) is 15.1. The highest BCUT2D eigenvalue weighted by Crippen LogP contribution is 2.37. The van der Waals surface area contributed by atoms with Gasteiger partial charge < -0.3 is 9.38 Å². The van der Waals surface area contributed by atoms with E-state index < -0.39 is 21.2 Å². The van der Waals surface area contributed by atoms with Crippen molar-refractivity contribution in [1.29, 1.82) is 0 Å². The number of anilines is 1. The summed E-state index contributed by atoms with van der Waals surface area (Å²) in [5.74, 6) is 0. The Labute approximate surface area is 188 Å². The molecule has 0 bridgehead atoms. The zero-order valence-electron chi connectivity index (χ0n) is 18.3. The van der Waals surface area contributed by atoms with E-state index in [2.05, 4.69) is 48.2 Å². The normalized spacial score (nSPS) is 11.9. The van der Waals surface area contributed by atoms with E-state index >= 15 is 0 Å². The maximum atomic E-state index is 11.1. The Balaban J connectivity index is 1.78. The number of nitro benzene ring substituents is 2. The van der Waals surface area contributed by atoms with Gasteiger partial charge in [0.05, 0.1) is 66.0 Å². The van der Waals surface area contributed by atoms with Crippen LogP contribution >= 0.6 is 11.3 Å². The summed E-state index contributed by atoms with van der Waals surface area (Å²) in [5.41, 5.74) is 0.827. The largest absolute Gasteiger partial charge is 0.366 e. The summed E-state index contributed by atoms with van der Waals surface area (Å²) < 4.78 is 1.32. The number of azo groups is 1. The Morgan fingerprint density at radius 1 is 1.03 bits per heavy atom. The van der Waals surface area contributed by atoms with Crippen molar-refractivity contribution < 1.29 is 14.3 Å². The summed E-state index contributed by atoms with van der Waals surface area (Å²) >= 11 is 1.08. The molecule has 168 valence electrons. The topological polar surface area (TPSA) is 127 Å². The number of thiazole rings is 1. The van der Waals surface area contributed by atoms with E-state index in [1.807, 2.05) is 24.3 Å². The van der Waals surface area contributed by atoms with Gasteiger partial charge in [-0.1, -0.05) is 11.3 Å². The van der Waals surface area contributed by atoms with Gasteiger partial charge in [-0.25, -0.2) is 4.98 Å². The second kappa shape index (κ2) is 9.32. The standard InChI is InChI=1S/C20H24N7O4S/c1-5-24(10-11-27(2,3)4)15-8-6-14(7-9-15)22-23-20-21-16-12-17(25(28)29)18(26(30)31)13-19(16)32-20/h6-9,12-13H,5,10-11H2,1-4H3/q+1. The molecule has 11 nitrogen and oxygen atoms in total. The molecular formula is C20H24N7O4S+. The summed E-state index contributed by atoms with van der Waals surface area (Å²) in [6.07, 6.45) is 0. The Morgan fingerprint density at radius 2 is 1.66 bits per heavy atom. The van der Waals surface area contributed by atoms with Crippen LogP contribution in [0.2, 0.25) is 0 Å². The van der Waals surface area contributed by atoms with Crippen LogP contribution in [0, 0.1) is 20.2 Å². The fraction of sp³-hybridized carbons (Fsp3) is 0.350. The summed E-state index contributed by atoms with van der Waals surface area (Å²) in [6, 6.07) is 9.92.